The van der Waals surface area contributed by atoms with Crippen molar-refractivity contribution in [2.24, 2.45) is 11.8 Å². The summed E-state index contributed by atoms with van der Waals surface area (Å²) in [5.74, 6) is -0.0750. The summed E-state index contributed by atoms with van der Waals surface area (Å²) in [4.78, 5) is 24.3. The third-order valence-electron chi connectivity index (χ3n) is 10.1. The van der Waals surface area contributed by atoms with Crippen LogP contribution < -0.4 is 0 Å². The van der Waals surface area contributed by atoms with Crippen molar-refractivity contribution >= 4 is 22.7 Å². The molecule has 6 heteroatoms. The molecule has 0 atom stereocenters. The largest absolute Gasteiger partial charge is 0.461 e. The predicted molar refractivity (Wildman–Crippen MR) is 194 cm³/mol. The Labute approximate surface area is 286 Å². The molecule has 0 radical (unpaired) electrons. The van der Waals surface area contributed by atoms with Crippen molar-refractivity contribution in [1.29, 1.82) is 0 Å². The van der Waals surface area contributed by atoms with E-state index in [1.54, 1.807) is 0 Å². The third kappa shape index (κ3) is 10.4. The fourth-order valence-corrected chi connectivity index (χ4v) is 6.85. The number of aliphatic hydroxyl groups is 2. The molecule has 258 valence electrons. The van der Waals surface area contributed by atoms with Crippen molar-refractivity contribution in [2.45, 2.75) is 90.4 Å². The summed E-state index contributed by atoms with van der Waals surface area (Å²) in [6, 6.07) is 19.3. The minimum atomic E-state index is -0.711. The molecule has 0 bridgehead atoms. The van der Waals surface area contributed by atoms with Gasteiger partial charge in [0.25, 0.3) is 0 Å². The number of fused-ring (bicyclic) bond motifs is 1. The summed E-state index contributed by atoms with van der Waals surface area (Å²) < 4.78 is 10.7. The third-order valence-corrected chi connectivity index (χ3v) is 10.1. The number of ether oxygens (including phenoxy) is 2. The second kappa shape index (κ2) is 18.7. The lowest BCUT2D eigenvalue weighted by atomic mass is 9.77. The highest BCUT2D eigenvalue weighted by Crippen LogP contribution is 2.35. The number of esters is 2. The summed E-state index contributed by atoms with van der Waals surface area (Å²) in [6.45, 7) is 10.4. The van der Waals surface area contributed by atoms with Crippen LogP contribution in [0.4, 0.5) is 0 Å². The van der Waals surface area contributed by atoms with Gasteiger partial charge in [0.1, 0.15) is 13.2 Å². The summed E-state index contributed by atoms with van der Waals surface area (Å²) in [5, 5.41) is 20.5. The smallest absolute Gasteiger partial charge is 0.335 e. The van der Waals surface area contributed by atoms with E-state index in [0.29, 0.717) is 0 Å². The molecule has 2 N–H and O–H groups in total. The first-order valence-corrected chi connectivity index (χ1v) is 17.8. The van der Waals surface area contributed by atoms with Crippen molar-refractivity contribution in [3.8, 4) is 11.1 Å². The Kier molecular flexibility index (Phi) is 14.5. The van der Waals surface area contributed by atoms with Gasteiger partial charge in [-0.2, -0.15) is 0 Å². The Bertz CT molecular complexity index is 1510. The Hall–Kier alpha value is -3.74. The average Bonchev–Trinajstić information content (AvgIpc) is 3.13. The average molecular weight is 655 g/mol. The van der Waals surface area contributed by atoms with Crippen LogP contribution in [0.25, 0.3) is 21.9 Å². The molecule has 0 unspecified atom stereocenters. The topological polar surface area (TPSA) is 93.1 Å². The molecule has 0 saturated heterocycles. The van der Waals surface area contributed by atoms with Crippen LogP contribution in [-0.4, -0.2) is 48.6 Å². The zero-order valence-electron chi connectivity index (χ0n) is 29.0. The number of hydrogen-bond donors (Lipinski definition) is 2. The molecule has 0 aliphatic heterocycles. The van der Waals surface area contributed by atoms with Crippen LogP contribution in [-0.2, 0) is 31.9 Å². The van der Waals surface area contributed by atoms with Gasteiger partial charge >= 0.3 is 11.9 Å². The summed E-state index contributed by atoms with van der Waals surface area (Å²) in [5.41, 5.74) is 5.98. The van der Waals surface area contributed by atoms with Crippen molar-refractivity contribution < 1.29 is 29.3 Å². The highest BCUT2D eigenvalue weighted by Gasteiger charge is 2.22. The van der Waals surface area contributed by atoms with Gasteiger partial charge < -0.3 is 19.7 Å². The maximum atomic E-state index is 12.2. The Balaban J connectivity index is 1.44. The molecule has 3 aromatic carbocycles. The van der Waals surface area contributed by atoms with Crippen LogP contribution in [0.2, 0.25) is 0 Å². The molecule has 0 heterocycles. The number of hydrogen-bond acceptors (Lipinski definition) is 6. The molecule has 1 aliphatic carbocycles. The van der Waals surface area contributed by atoms with E-state index in [4.69, 9.17) is 9.47 Å². The molecule has 48 heavy (non-hydrogen) atoms. The molecule has 1 aliphatic rings. The fraction of sp³-hybridized carbons (Fsp3) is 0.476. The number of rotatable bonds is 18. The van der Waals surface area contributed by atoms with E-state index < -0.39 is 31.1 Å². The molecule has 1 saturated carbocycles. The molecular formula is C42H54O6. The molecule has 3 aromatic rings. The summed E-state index contributed by atoms with van der Waals surface area (Å²) in [7, 11) is 0. The molecule has 0 spiro atoms. The summed E-state index contributed by atoms with van der Waals surface area (Å²) >= 11 is 0. The number of benzene rings is 3. The van der Waals surface area contributed by atoms with Crippen LogP contribution in [0.15, 0.2) is 78.9 Å². The van der Waals surface area contributed by atoms with Crippen molar-refractivity contribution in [2.75, 3.05) is 26.4 Å². The van der Waals surface area contributed by atoms with Crippen LogP contribution >= 0.6 is 0 Å². The monoisotopic (exact) mass is 654 g/mol. The molecule has 1 fully saturated rings. The number of carbonyl (C=O) groups excluding carboxylic acids is 2. The number of unbranched alkanes of at least 4 members (excludes halogenated alkanes) is 2. The zero-order valence-corrected chi connectivity index (χ0v) is 29.0. The second-order valence-electron chi connectivity index (χ2n) is 13.5. The van der Waals surface area contributed by atoms with Crippen LogP contribution in [0.3, 0.4) is 0 Å². The maximum Gasteiger partial charge on any atom is 0.335 e. The maximum absolute atomic E-state index is 12.2. The van der Waals surface area contributed by atoms with E-state index in [9.17, 15) is 19.8 Å². The standard InChI is InChI=1S/C42H54O6/c1-5-7-8-9-31-10-12-32(13-11-31)14-15-34-16-17-35(22-33(34)6-2)36-18-19-38-24-39(21-20-37(38)23-36)40(27-47-41(45)29(3)25-43)28-48-42(46)30(4)26-44/h16-24,31-32,40,43-44H,3-15,25-28H2,1-2H3. The van der Waals surface area contributed by atoms with E-state index in [1.807, 2.05) is 18.2 Å². The van der Waals surface area contributed by atoms with Crippen LogP contribution in [0.1, 0.15) is 94.2 Å². The molecule has 0 amide bonds. The molecule has 0 aromatic heterocycles. The first kappa shape index (κ1) is 37.1. The van der Waals surface area contributed by atoms with E-state index in [1.165, 1.54) is 74.5 Å². The minimum Gasteiger partial charge on any atom is -0.461 e. The van der Waals surface area contributed by atoms with Crippen LogP contribution in [0, 0.1) is 11.8 Å². The van der Waals surface area contributed by atoms with Gasteiger partial charge in [0.2, 0.25) is 0 Å². The van der Waals surface area contributed by atoms with Gasteiger partial charge in [0, 0.05) is 0 Å². The van der Waals surface area contributed by atoms with E-state index in [2.05, 4.69) is 63.4 Å². The van der Waals surface area contributed by atoms with Gasteiger partial charge in [0.15, 0.2) is 0 Å². The predicted octanol–water partition coefficient (Wildman–Crippen LogP) is 8.66. The summed E-state index contributed by atoms with van der Waals surface area (Å²) in [6.07, 6.45) is 14.6. The second-order valence-corrected chi connectivity index (χ2v) is 13.5. The SMILES string of the molecule is C=C(CO)C(=O)OCC(COC(=O)C(=C)CO)c1ccc2cc(-c3ccc(CCC4CCC(CCCCC)CC4)c(CC)c3)ccc2c1. The Morgan fingerprint density at radius 2 is 1.29 bits per heavy atom. The van der Waals surface area contributed by atoms with Crippen molar-refractivity contribution in [3.63, 3.8) is 0 Å². The first-order valence-electron chi connectivity index (χ1n) is 17.8. The zero-order chi connectivity index (χ0) is 34.5. The lowest BCUT2D eigenvalue weighted by molar-refractivity contribution is -0.142. The molecule has 6 nitrogen and oxygen atoms in total. The lowest BCUT2D eigenvalue weighted by Gasteiger charge is -2.28. The Morgan fingerprint density at radius 3 is 1.90 bits per heavy atom. The highest BCUT2D eigenvalue weighted by atomic mass is 16.5. The van der Waals surface area contributed by atoms with E-state index in [0.717, 1.165) is 46.6 Å². The number of aryl methyl sites for hydroxylation is 2. The van der Waals surface area contributed by atoms with Gasteiger partial charge in [-0.3, -0.25) is 0 Å². The first-order chi connectivity index (χ1) is 23.3. The van der Waals surface area contributed by atoms with E-state index >= 15 is 0 Å². The minimum absolute atomic E-state index is 0.0554. The van der Waals surface area contributed by atoms with Gasteiger partial charge in [0.05, 0.1) is 30.3 Å². The number of aliphatic hydroxyl groups excluding tert-OH is 2. The lowest BCUT2D eigenvalue weighted by Crippen LogP contribution is -2.21. The number of carbonyl (C=O) groups is 2. The van der Waals surface area contributed by atoms with Gasteiger partial charge in [-0.05, 0) is 75.8 Å². The van der Waals surface area contributed by atoms with Gasteiger partial charge in [-0.15, -0.1) is 0 Å². The highest BCUT2D eigenvalue weighted by molar-refractivity contribution is 5.89. The van der Waals surface area contributed by atoms with E-state index in [-0.39, 0.29) is 24.4 Å². The van der Waals surface area contributed by atoms with Crippen molar-refractivity contribution in [3.05, 3.63) is 95.6 Å². The molecular weight excluding hydrogens is 600 g/mol. The molecule has 4 rings (SSSR count). The van der Waals surface area contributed by atoms with Gasteiger partial charge in [-0.25, -0.2) is 9.59 Å². The quantitative estimate of drug-likeness (QED) is 0.0810. The Morgan fingerprint density at radius 1 is 0.729 bits per heavy atom. The van der Waals surface area contributed by atoms with Crippen molar-refractivity contribution in [1.82, 2.24) is 0 Å². The normalized spacial score (nSPS) is 16.2. The van der Waals surface area contributed by atoms with Crippen LogP contribution in [0.5, 0.6) is 0 Å². The fourth-order valence-electron chi connectivity index (χ4n) is 6.85. The van der Waals surface area contributed by atoms with Gasteiger partial charge in [-0.1, -0.05) is 127 Å².